The Kier molecular flexibility index (Phi) is 8.21. The van der Waals surface area contributed by atoms with Crippen LogP contribution in [-0.4, -0.2) is 30.8 Å². The quantitative estimate of drug-likeness (QED) is 0.570. The number of nitrogens with one attached hydrogen (secondary N) is 2. The molecule has 6 heteroatoms. The van der Waals surface area contributed by atoms with Crippen molar-refractivity contribution in [2.75, 3.05) is 18.0 Å². The van der Waals surface area contributed by atoms with Crippen LogP contribution in [0, 0.1) is 0 Å². The highest BCUT2D eigenvalue weighted by atomic mass is 16.2. The second-order valence-electron chi connectivity index (χ2n) is 7.91. The average molecular weight is 422 g/mol. The summed E-state index contributed by atoms with van der Waals surface area (Å²) >= 11 is 0. The highest BCUT2D eigenvalue weighted by Crippen LogP contribution is 2.22. The Morgan fingerprint density at radius 2 is 1.77 bits per heavy atom. The van der Waals surface area contributed by atoms with Crippen molar-refractivity contribution in [3.63, 3.8) is 0 Å². The van der Waals surface area contributed by atoms with E-state index in [9.17, 15) is 14.4 Å². The van der Waals surface area contributed by atoms with E-state index in [4.69, 9.17) is 0 Å². The van der Waals surface area contributed by atoms with Gasteiger partial charge in [-0.2, -0.15) is 0 Å². The number of nitrogens with zero attached hydrogens (tertiary/aromatic N) is 1. The first-order valence-corrected chi connectivity index (χ1v) is 11.1. The minimum atomic E-state index is -0.309. The van der Waals surface area contributed by atoms with Gasteiger partial charge in [-0.25, -0.2) is 0 Å². The highest BCUT2D eigenvalue weighted by Gasteiger charge is 2.22. The van der Waals surface area contributed by atoms with Gasteiger partial charge < -0.3 is 15.5 Å². The predicted molar refractivity (Wildman–Crippen MR) is 122 cm³/mol. The molecular weight excluding hydrogens is 390 g/mol. The van der Waals surface area contributed by atoms with E-state index >= 15 is 0 Å². The van der Waals surface area contributed by atoms with E-state index in [1.54, 1.807) is 29.2 Å². The average Bonchev–Trinajstić information content (AvgIpc) is 3.23. The Bertz CT molecular complexity index is 881. The molecule has 1 saturated heterocycles. The molecule has 0 bridgehead atoms. The van der Waals surface area contributed by atoms with Crippen molar-refractivity contribution in [2.45, 2.75) is 51.5 Å². The molecular formula is C25H31N3O3. The maximum Gasteiger partial charge on any atom is 0.251 e. The van der Waals surface area contributed by atoms with Gasteiger partial charge in [0, 0.05) is 24.2 Å². The van der Waals surface area contributed by atoms with Crippen LogP contribution in [0.4, 0.5) is 5.69 Å². The Morgan fingerprint density at radius 1 is 1.03 bits per heavy atom. The van der Waals surface area contributed by atoms with E-state index < -0.39 is 0 Å². The molecule has 2 aromatic carbocycles. The van der Waals surface area contributed by atoms with Crippen LogP contribution < -0.4 is 15.5 Å². The minimum absolute atomic E-state index is 0.0607. The SMILES string of the molecule is CCCCCC(NC(=O)CNC(=O)c1ccc(N2CCCC2=O)cc1)c1ccccc1. The molecule has 2 aromatic rings. The lowest BCUT2D eigenvalue weighted by atomic mass is 10.0. The van der Waals surface area contributed by atoms with Crippen LogP contribution >= 0.6 is 0 Å². The molecule has 6 nitrogen and oxygen atoms in total. The lowest BCUT2D eigenvalue weighted by Crippen LogP contribution is -2.38. The van der Waals surface area contributed by atoms with Gasteiger partial charge in [0.1, 0.15) is 0 Å². The normalized spacial score (nSPS) is 14.4. The fraction of sp³-hybridized carbons (Fsp3) is 0.400. The molecule has 0 saturated carbocycles. The molecule has 1 aliphatic heterocycles. The van der Waals surface area contributed by atoms with Crippen molar-refractivity contribution in [1.29, 1.82) is 0 Å². The first kappa shape index (κ1) is 22.5. The predicted octanol–water partition coefficient (Wildman–Crippen LogP) is 3.98. The molecule has 3 rings (SSSR count). The molecule has 2 N–H and O–H groups in total. The number of anilines is 1. The summed E-state index contributed by atoms with van der Waals surface area (Å²) in [7, 11) is 0. The third kappa shape index (κ3) is 6.41. The standard InChI is InChI=1S/C25H31N3O3/c1-2-3-5-11-22(19-9-6-4-7-10-19)27-23(29)18-26-25(31)20-13-15-21(16-14-20)28-17-8-12-24(28)30/h4,6-7,9-10,13-16,22H,2-3,5,8,11-12,17-18H2,1H3,(H,26,31)(H,27,29). The second kappa shape index (κ2) is 11.3. The zero-order valence-electron chi connectivity index (χ0n) is 18.1. The van der Waals surface area contributed by atoms with E-state index in [-0.39, 0.29) is 30.3 Å². The molecule has 0 aliphatic carbocycles. The fourth-order valence-electron chi connectivity index (χ4n) is 3.83. The number of rotatable bonds is 10. The van der Waals surface area contributed by atoms with Gasteiger partial charge in [-0.3, -0.25) is 14.4 Å². The number of benzene rings is 2. The summed E-state index contributed by atoms with van der Waals surface area (Å²) in [5, 5.41) is 5.74. The lowest BCUT2D eigenvalue weighted by Gasteiger charge is -2.19. The molecule has 1 aliphatic rings. The maximum absolute atomic E-state index is 12.5. The van der Waals surface area contributed by atoms with Gasteiger partial charge in [-0.1, -0.05) is 56.5 Å². The molecule has 1 heterocycles. The van der Waals surface area contributed by atoms with E-state index in [2.05, 4.69) is 17.6 Å². The molecule has 0 radical (unpaired) electrons. The van der Waals surface area contributed by atoms with Gasteiger partial charge in [0.2, 0.25) is 11.8 Å². The van der Waals surface area contributed by atoms with Gasteiger partial charge >= 0.3 is 0 Å². The van der Waals surface area contributed by atoms with Crippen LogP contribution in [0.5, 0.6) is 0 Å². The van der Waals surface area contributed by atoms with Crippen molar-refractivity contribution >= 4 is 23.4 Å². The van der Waals surface area contributed by atoms with Gasteiger partial charge in [0.05, 0.1) is 12.6 Å². The highest BCUT2D eigenvalue weighted by molar-refractivity contribution is 5.98. The third-order valence-electron chi connectivity index (χ3n) is 5.56. The van der Waals surface area contributed by atoms with Crippen molar-refractivity contribution in [1.82, 2.24) is 10.6 Å². The number of hydrogen-bond donors (Lipinski definition) is 2. The van der Waals surface area contributed by atoms with Crippen LogP contribution in [0.15, 0.2) is 54.6 Å². The summed E-state index contributed by atoms with van der Waals surface area (Å²) in [4.78, 5) is 38.5. The molecule has 3 amide bonds. The summed E-state index contributed by atoms with van der Waals surface area (Å²) in [5.74, 6) is -0.407. The van der Waals surface area contributed by atoms with Crippen molar-refractivity contribution < 1.29 is 14.4 Å². The number of unbranched alkanes of at least 4 members (excludes halogenated alkanes) is 2. The molecule has 164 valence electrons. The van der Waals surface area contributed by atoms with E-state index in [1.165, 1.54) is 0 Å². The molecule has 1 atom stereocenters. The second-order valence-corrected chi connectivity index (χ2v) is 7.91. The lowest BCUT2D eigenvalue weighted by molar-refractivity contribution is -0.121. The Balaban J connectivity index is 1.52. The first-order chi connectivity index (χ1) is 15.1. The zero-order chi connectivity index (χ0) is 22.1. The Labute approximate surface area is 184 Å². The summed E-state index contributed by atoms with van der Waals surface area (Å²) in [6, 6.07) is 16.8. The summed E-state index contributed by atoms with van der Waals surface area (Å²) in [5.41, 5.74) is 2.34. The summed E-state index contributed by atoms with van der Waals surface area (Å²) < 4.78 is 0. The van der Waals surface area contributed by atoms with Crippen LogP contribution in [0.3, 0.4) is 0 Å². The fourth-order valence-corrected chi connectivity index (χ4v) is 3.83. The first-order valence-electron chi connectivity index (χ1n) is 11.1. The Hall–Kier alpha value is -3.15. The topological polar surface area (TPSA) is 78.5 Å². The van der Waals surface area contributed by atoms with Gasteiger partial charge in [-0.15, -0.1) is 0 Å². The van der Waals surface area contributed by atoms with Crippen molar-refractivity contribution in [3.05, 3.63) is 65.7 Å². The van der Waals surface area contributed by atoms with Crippen LogP contribution in [0.1, 0.15) is 67.4 Å². The largest absolute Gasteiger partial charge is 0.348 e. The third-order valence-corrected chi connectivity index (χ3v) is 5.56. The van der Waals surface area contributed by atoms with E-state index in [0.29, 0.717) is 18.5 Å². The zero-order valence-corrected chi connectivity index (χ0v) is 18.1. The van der Waals surface area contributed by atoms with Crippen molar-refractivity contribution in [3.8, 4) is 0 Å². The van der Waals surface area contributed by atoms with Crippen LogP contribution in [0.25, 0.3) is 0 Å². The number of carbonyl (C=O) groups excluding carboxylic acids is 3. The van der Waals surface area contributed by atoms with E-state index in [1.807, 2.05) is 30.3 Å². The minimum Gasteiger partial charge on any atom is -0.348 e. The number of carbonyl (C=O) groups is 3. The number of amides is 3. The molecule has 31 heavy (non-hydrogen) atoms. The van der Waals surface area contributed by atoms with Crippen LogP contribution in [0.2, 0.25) is 0 Å². The van der Waals surface area contributed by atoms with Crippen LogP contribution in [-0.2, 0) is 9.59 Å². The number of hydrogen-bond acceptors (Lipinski definition) is 3. The molecule has 1 fully saturated rings. The summed E-state index contributed by atoms with van der Waals surface area (Å²) in [6.45, 7) is 2.79. The van der Waals surface area contributed by atoms with Gasteiger partial charge in [0.15, 0.2) is 0 Å². The van der Waals surface area contributed by atoms with Gasteiger partial charge in [-0.05, 0) is 42.7 Å². The maximum atomic E-state index is 12.5. The molecule has 0 aromatic heterocycles. The van der Waals surface area contributed by atoms with Gasteiger partial charge in [0.25, 0.3) is 5.91 Å². The monoisotopic (exact) mass is 421 g/mol. The van der Waals surface area contributed by atoms with Crippen molar-refractivity contribution in [2.24, 2.45) is 0 Å². The Morgan fingerprint density at radius 3 is 2.42 bits per heavy atom. The molecule has 1 unspecified atom stereocenters. The summed E-state index contributed by atoms with van der Waals surface area (Å²) in [6.07, 6.45) is 5.58. The van der Waals surface area contributed by atoms with E-state index in [0.717, 1.165) is 43.4 Å². The molecule has 0 spiro atoms. The smallest absolute Gasteiger partial charge is 0.251 e.